The summed E-state index contributed by atoms with van der Waals surface area (Å²) in [6.45, 7) is 3.78. The lowest BCUT2D eigenvalue weighted by Gasteiger charge is -2.17. The molecule has 0 spiro atoms. The highest BCUT2D eigenvalue weighted by Gasteiger charge is 2.34. The van der Waals surface area contributed by atoms with Crippen LogP contribution in [0, 0.1) is 6.92 Å². The Hall–Kier alpha value is -1.56. The fourth-order valence-corrected chi connectivity index (χ4v) is 2.59. The van der Waals surface area contributed by atoms with Crippen LogP contribution < -0.4 is 5.32 Å². The van der Waals surface area contributed by atoms with Crippen molar-refractivity contribution in [1.29, 1.82) is 0 Å². The molecule has 0 radical (unpaired) electrons. The van der Waals surface area contributed by atoms with Gasteiger partial charge in [0.15, 0.2) is 0 Å². The van der Waals surface area contributed by atoms with Gasteiger partial charge in [-0.15, -0.1) is 11.3 Å². The summed E-state index contributed by atoms with van der Waals surface area (Å²) < 4.78 is 38.5. The van der Waals surface area contributed by atoms with Crippen LogP contribution in [0.15, 0.2) is 30.5 Å². The molecule has 2 aromatic heterocycles. The van der Waals surface area contributed by atoms with Gasteiger partial charge in [-0.25, -0.2) is 4.98 Å². The molecule has 1 N–H and O–H groups in total. The number of aromatic nitrogens is 1. The minimum Gasteiger partial charge on any atom is -0.362 e. The molecule has 102 valence electrons. The van der Waals surface area contributed by atoms with E-state index in [1.165, 1.54) is 12.3 Å². The number of halogens is 3. The number of nitrogens with one attached hydrogen (secondary N) is 1. The molecule has 0 aliphatic carbocycles. The van der Waals surface area contributed by atoms with E-state index >= 15 is 0 Å². The highest BCUT2D eigenvalue weighted by molar-refractivity contribution is 7.12. The molecule has 1 unspecified atom stereocenters. The maximum Gasteiger partial charge on any atom is 0.419 e. The van der Waals surface area contributed by atoms with Gasteiger partial charge in [0.25, 0.3) is 0 Å². The molecule has 0 aliphatic heterocycles. The number of pyridine rings is 1. The van der Waals surface area contributed by atoms with Crippen LogP contribution in [-0.2, 0) is 6.18 Å². The first kappa shape index (κ1) is 13.9. The summed E-state index contributed by atoms with van der Waals surface area (Å²) in [6.07, 6.45) is -3.05. The zero-order chi connectivity index (χ0) is 14.0. The molecule has 0 aromatic carbocycles. The van der Waals surface area contributed by atoms with Crippen LogP contribution in [0.2, 0.25) is 0 Å². The molecule has 0 saturated heterocycles. The van der Waals surface area contributed by atoms with Crippen LogP contribution in [0.25, 0.3) is 0 Å². The van der Waals surface area contributed by atoms with E-state index in [0.717, 1.165) is 15.8 Å². The topological polar surface area (TPSA) is 24.9 Å². The Morgan fingerprint density at radius 3 is 2.58 bits per heavy atom. The maximum atomic E-state index is 12.8. The molecule has 0 aliphatic rings. The Kier molecular flexibility index (Phi) is 3.80. The number of nitrogens with zero attached hydrogens (tertiary/aromatic N) is 1. The van der Waals surface area contributed by atoms with E-state index in [2.05, 4.69) is 10.3 Å². The molecule has 0 bridgehead atoms. The third-order valence-electron chi connectivity index (χ3n) is 2.65. The minimum atomic E-state index is -4.40. The fraction of sp³-hybridized carbons (Fsp3) is 0.308. The monoisotopic (exact) mass is 286 g/mol. The zero-order valence-electron chi connectivity index (χ0n) is 10.5. The Labute approximate surface area is 113 Å². The Morgan fingerprint density at radius 1 is 1.26 bits per heavy atom. The Balaban J connectivity index is 2.24. The van der Waals surface area contributed by atoms with E-state index in [9.17, 15) is 13.2 Å². The van der Waals surface area contributed by atoms with Crippen molar-refractivity contribution in [2.45, 2.75) is 26.1 Å². The van der Waals surface area contributed by atoms with Gasteiger partial charge in [0.2, 0.25) is 0 Å². The normalized spacial score (nSPS) is 13.3. The molecule has 2 heterocycles. The second kappa shape index (κ2) is 5.21. The second-order valence-corrected chi connectivity index (χ2v) is 5.53. The summed E-state index contributed by atoms with van der Waals surface area (Å²) in [5.74, 6) is -0.131. The van der Waals surface area contributed by atoms with Gasteiger partial charge in [0.1, 0.15) is 5.82 Å². The summed E-state index contributed by atoms with van der Waals surface area (Å²) in [4.78, 5) is 5.90. The summed E-state index contributed by atoms with van der Waals surface area (Å²) in [5, 5.41) is 2.83. The number of alkyl halides is 3. The maximum absolute atomic E-state index is 12.8. The molecule has 2 aromatic rings. The van der Waals surface area contributed by atoms with E-state index in [1.54, 1.807) is 11.3 Å². The number of hydrogen-bond acceptors (Lipinski definition) is 3. The lowest BCUT2D eigenvalue weighted by atomic mass is 10.2. The van der Waals surface area contributed by atoms with E-state index in [0.29, 0.717) is 0 Å². The van der Waals surface area contributed by atoms with Gasteiger partial charge >= 0.3 is 6.18 Å². The van der Waals surface area contributed by atoms with E-state index in [-0.39, 0.29) is 11.9 Å². The largest absolute Gasteiger partial charge is 0.419 e. The standard InChI is InChI=1S/C13H13F3N2S/c1-8-5-6-11(19-8)9(2)18-12-10(13(14,15)16)4-3-7-17-12/h3-7,9H,1-2H3,(H,17,18). The van der Waals surface area contributed by atoms with Crippen molar-refractivity contribution in [2.75, 3.05) is 5.32 Å². The van der Waals surface area contributed by atoms with Crippen LogP contribution >= 0.6 is 11.3 Å². The van der Waals surface area contributed by atoms with E-state index in [1.807, 2.05) is 26.0 Å². The number of hydrogen-bond donors (Lipinski definition) is 1. The molecule has 2 rings (SSSR count). The fourth-order valence-electron chi connectivity index (χ4n) is 1.71. The summed E-state index contributed by atoms with van der Waals surface area (Å²) in [7, 11) is 0. The highest BCUT2D eigenvalue weighted by atomic mass is 32.1. The third-order valence-corrected chi connectivity index (χ3v) is 3.84. The van der Waals surface area contributed by atoms with Crippen molar-refractivity contribution in [1.82, 2.24) is 4.98 Å². The average Bonchev–Trinajstić information content (AvgIpc) is 2.75. The van der Waals surface area contributed by atoms with Crippen LogP contribution in [0.5, 0.6) is 0 Å². The minimum absolute atomic E-state index is 0.131. The van der Waals surface area contributed by atoms with Gasteiger partial charge in [-0.05, 0) is 38.1 Å². The number of rotatable bonds is 3. The number of anilines is 1. The molecule has 1 atom stereocenters. The van der Waals surface area contributed by atoms with Crippen molar-refractivity contribution in [3.05, 3.63) is 45.8 Å². The molecule has 19 heavy (non-hydrogen) atoms. The molecule has 0 fully saturated rings. The number of thiophene rings is 1. The van der Waals surface area contributed by atoms with Crippen molar-refractivity contribution < 1.29 is 13.2 Å². The van der Waals surface area contributed by atoms with Gasteiger partial charge < -0.3 is 5.32 Å². The summed E-state index contributed by atoms with van der Waals surface area (Å²) >= 11 is 1.56. The molecular formula is C13H13F3N2S. The van der Waals surface area contributed by atoms with E-state index in [4.69, 9.17) is 0 Å². The van der Waals surface area contributed by atoms with Crippen LogP contribution in [0.3, 0.4) is 0 Å². The molecule has 6 heteroatoms. The zero-order valence-corrected chi connectivity index (χ0v) is 11.3. The highest BCUT2D eigenvalue weighted by Crippen LogP contribution is 2.35. The first-order valence-electron chi connectivity index (χ1n) is 5.73. The van der Waals surface area contributed by atoms with Crippen molar-refractivity contribution >= 4 is 17.2 Å². The van der Waals surface area contributed by atoms with Gasteiger partial charge in [0, 0.05) is 16.0 Å². The smallest absolute Gasteiger partial charge is 0.362 e. The predicted molar refractivity (Wildman–Crippen MR) is 70.3 cm³/mol. The van der Waals surface area contributed by atoms with E-state index < -0.39 is 11.7 Å². The van der Waals surface area contributed by atoms with Crippen LogP contribution in [-0.4, -0.2) is 4.98 Å². The van der Waals surface area contributed by atoms with Crippen LogP contribution in [0.4, 0.5) is 19.0 Å². The molecule has 2 nitrogen and oxygen atoms in total. The molecular weight excluding hydrogens is 273 g/mol. The van der Waals surface area contributed by atoms with Gasteiger partial charge in [-0.1, -0.05) is 0 Å². The summed E-state index contributed by atoms with van der Waals surface area (Å²) in [6, 6.07) is 5.96. The lowest BCUT2D eigenvalue weighted by molar-refractivity contribution is -0.137. The first-order valence-corrected chi connectivity index (χ1v) is 6.54. The molecule has 0 saturated carbocycles. The van der Waals surface area contributed by atoms with Crippen molar-refractivity contribution in [3.8, 4) is 0 Å². The van der Waals surface area contributed by atoms with Crippen molar-refractivity contribution in [2.24, 2.45) is 0 Å². The predicted octanol–water partition coefficient (Wildman–Crippen LogP) is 4.64. The Bertz CT molecular complexity index is 563. The third kappa shape index (κ3) is 3.26. The lowest BCUT2D eigenvalue weighted by Crippen LogP contribution is -2.14. The quantitative estimate of drug-likeness (QED) is 0.888. The Morgan fingerprint density at radius 2 is 2.00 bits per heavy atom. The van der Waals surface area contributed by atoms with Gasteiger partial charge in [-0.3, -0.25) is 0 Å². The first-order chi connectivity index (χ1) is 8.88. The average molecular weight is 286 g/mol. The second-order valence-electron chi connectivity index (χ2n) is 4.21. The van der Waals surface area contributed by atoms with Crippen LogP contribution in [0.1, 0.15) is 28.3 Å². The SMILES string of the molecule is Cc1ccc(C(C)Nc2ncccc2C(F)(F)F)s1. The number of aryl methyl sites for hydroxylation is 1. The van der Waals surface area contributed by atoms with Gasteiger partial charge in [0.05, 0.1) is 11.6 Å². The molecule has 0 amide bonds. The van der Waals surface area contributed by atoms with Gasteiger partial charge in [-0.2, -0.15) is 13.2 Å². The summed E-state index contributed by atoms with van der Waals surface area (Å²) in [5.41, 5.74) is -0.741. The van der Waals surface area contributed by atoms with Crippen molar-refractivity contribution in [3.63, 3.8) is 0 Å².